The fourth-order valence-electron chi connectivity index (χ4n) is 2.44. The highest BCUT2D eigenvalue weighted by Crippen LogP contribution is 2.13. The Morgan fingerprint density at radius 1 is 1.41 bits per heavy atom. The minimum Gasteiger partial charge on any atom is -0.480 e. The van der Waals surface area contributed by atoms with E-state index in [-0.39, 0.29) is 5.92 Å². The molecular formula is C13H26N2O2. The van der Waals surface area contributed by atoms with Gasteiger partial charge < -0.3 is 15.3 Å². The smallest absolute Gasteiger partial charge is 0.320 e. The fourth-order valence-corrected chi connectivity index (χ4v) is 2.44. The van der Waals surface area contributed by atoms with Crippen molar-refractivity contribution in [3.8, 4) is 0 Å². The first-order chi connectivity index (χ1) is 8.04. The van der Waals surface area contributed by atoms with Gasteiger partial charge in [-0.15, -0.1) is 0 Å². The van der Waals surface area contributed by atoms with E-state index in [4.69, 9.17) is 5.11 Å². The highest BCUT2D eigenvalue weighted by molar-refractivity contribution is 5.73. The van der Waals surface area contributed by atoms with Crippen LogP contribution in [0.4, 0.5) is 0 Å². The Morgan fingerprint density at radius 2 is 2.12 bits per heavy atom. The normalized spacial score (nSPS) is 24.6. The van der Waals surface area contributed by atoms with Crippen LogP contribution in [0, 0.1) is 5.92 Å². The standard InChI is InChI=1S/C13H26N2O2/c1-4-15-8-5-6-11(7-9-15)14-12(10(2)3)13(16)17/h10-12,14H,4-9H2,1-3H3,(H,16,17). The van der Waals surface area contributed by atoms with E-state index in [1.54, 1.807) is 0 Å². The number of carbonyl (C=O) groups is 1. The number of aliphatic carboxylic acids is 1. The summed E-state index contributed by atoms with van der Waals surface area (Å²) in [6.45, 7) is 9.43. The second-order valence-corrected chi connectivity index (χ2v) is 5.29. The molecule has 2 N–H and O–H groups in total. The van der Waals surface area contributed by atoms with Gasteiger partial charge in [-0.2, -0.15) is 0 Å². The Kier molecular flexibility index (Phi) is 5.92. The maximum absolute atomic E-state index is 11.1. The molecule has 2 unspecified atom stereocenters. The molecule has 4 heteroatoms. The van der Waals surface area contributed by atoms with Gasteiger partial charge in [0.1, 0.15) is 6.04 Å². The molecule has 0 saturated carbocycles. The quantitative estimate of drug-likeness (QED) is 0.768. The van der Waals surface area contributed by atoms with E-state index in [1.807, 2.05) is 13.8 Å². The zero-order chi connectivity index (χ0) is 12.8. The predicted molar refractivity (Wildman–Crippen MR) is 69.2 cm³/mol. The van der Waals surface area contributed by atoms with E-state index in [2.05, 4.69) is 17.1 Å². The third-order valence-corrected chi connectivity index (χ3v) is 3.62. The zero-order valence-electron chi connectivity index (χ0n) is 11.3. The summed E-state index contributed by atoms with van der Waals surface area (Å²) in [5.74, 6) is -0.588. The summed E-state index contributed by atoms with van der Waals surface area (Å²) < 4.78 is 0. The molecule has 0 bridgehead atoms. The molecule has 2 atom stereocenters. The van der Waals surface area contributed by atoms with Crippen LogP contribution in [0.2, 0.25) is 0 Å². The maximum Gasteiger partial charge on any atom is 0.320 e. The van der Waals surface area contributed by atoms with Crippen LogP contribution in [-0.4, -0.2) is 47.7 Å². The van der Waals surface area contributed by atoms with E-state index in [1.165, 1.54) is 0 Å². The Hall–Kier alpha value is -0.610. The van der Waals surface area contributed by atoms with Crippen LogP contribution in [-0.2, 0) is 4.79 Å². The monoisotopic (exact) mass is 242 g/mol. The van der Waals surface area contributed by atoms with Gasteiger partial charge in [0.05, 0.1) is 0 Å². The van der Waals surface area contributed by atoms with Crippen molar-refractivity contribution in [3.05, 3.63) is 0 Å². The first kappa shape index (κ1) is 14.5. The lowest BCUT2D eigenvalue weighted by Crippen LogP contribution is -2.46. The minimum atomic E-state index is -0.725. The molecule has 1 aliphatic rings. The topological polar surface area (TPSA) is 52.6 Å². The number of nitrogens with one attached hydrogen (secondary N) is 1. The number of nitrogens with zero attached hydrogens (tertiary/aromatic N) is 1. The lowest BCUT2D eigenvalue weighted by Gasteiger charge is -2.24. The molecular weight excluding hydrogens is 216 g/mol. The van der Waals surface area contributed by atoms with Gasteiger partial charge in [0, 0.05) is 6.04 Å². The molecule has 0 aromatic carbocycles. The van der Waals surface area contributed by atoms with Gasteiger partial charge in [0.2, 0.25) is 0 Å². The first-order valence-electron chi connectivity index (χ1n) is 6.75. The van der Waals surface area contributed by atoms with E-state index in [0.717, 1.165) is 38.9 Å². The summed E-state index contributed by atoms with van der Waals surface area (Å²) >= 11 is 0. The number of carboxylic acid groups (broad SMARTS) is 1. The second kappa shape index (κ2) is 6.97. The SMILES string of the molecule is CCN1CCCC(NC(C(=O)O)C(C)C)CC1. The first-order valence-corrected chi connectivity index (χ1v) is 6.75. The van der Waals surface area contributed by atoms with Gasteiger partial charge in [-0.05, 0) is 44.8 Å². The molecule has 0 amide bonds. The largest absolute Gasteiger partial charge is 0.480 e. The molecule has 0 aliphatic carbocycles. The Balaban J connectivity index is 2.47. The lowest BCUT2D eigenvalue weighted by atomic mass is 10.0. The van der Waals surface area contributed by atoms with Gasteiger partial charge in [-0.25, -0.2) is 0 Å². The molecule has 1 heterocycles. The second-order valence-electron chi connectivity index (χ2n) is 5.29. The van der Waals surface area contributed by atoms with Crippen molar-refractivity contribution in [2.24, 2.45) is 5.92 Å². The summed E-state index contributed by atoms with van der Waals surface area (Å²) in [5.41, 5.74) is 0. The molecule has 1 fully saturated rings. The molecule has 0 aromatic rings. The van der Waals surface area contributed by atoms with Crippen LogP contribution in [0.3, 0.4) is 0 Å². The highest BCUT2D eigenvalue weighted by atomic mass is 16.4. The van der Waals surface area contributed by atoms with Crippen molar-refractivity contribution in [1.29, 1.82) is 0 Å². The molecule has 1 aliphatic heterocycles. The Bertz CT molecular complexity index is 244. The van der Waals surface area contributed by atoms with Gasteiger partial charge in [-0.3, -0.25) is 4.79 Å². The molecule has 0 spiro atoms. The lowest BCUT2D eigenvalue weighted by molar-refractivity contribution is -0.140. The van der Waals surface area contributed by atoms with Crippen molar-refractivity contribution >= 4 is 5.97 Å². The summed E-state index contributed by atoms with van der Waals surface area (Å²) in [4.78, 5) is 13.6. The summed E-state index contributed by atoms with van der Waals surface area (Å²) in [7, 11) is 0. The van der Waals surface area contributed by atoms with Gasteiger partial charge in [0.25, 0.3) is 0 Å². The highest BCUT2D eigenvalue weighted by Gasteiger charge is 2.25. The van der Waals surface area contributed by atoms with Crippen LogP contribution in [0.1, 0.15) is 40.0 Å². The molecule has 1 rings (SSSR count). The summed E-state index contributed by atoms with van der Waals surface area (Å²) in [5, 5.41) is 12.5. The van der Waals surface area contributed by atoms with Gasteiger partial charge in [-0.1, -0.05) is 20.8 Å². The van der Waals surface area contributed by atoms with E-state index in [0.29, 0.717) is 6.04 Å². The third kappa shape index (κ3) is 4.64. The number of hydrogen-bond acceptors (Lipinski definition) is 3. The van der Waals surface area contributed by atoms with Crippen LogP contribution in [0.25, 0.3) is 0 Å². The van der Waals surface area contributed by atoms with E-state index < -0.39 is 12.0 Å². The van der Waals surface area contributed by atoms with E-state index in [9.17, 15) is 4.79 Å². The summed E-state index contributed by atoms with van der Waals surface area (Å²) in [6.07, 6.45) is 3.31. The predicted octanol–water partition coefficient (Wildman–Crippen LogP) is 1.56. The van der Waals surface area contributed by atoms with Crippen molar-refractivity contribution in [2.75, 3.05) is 19.6 Å². The van der Waals surface area contributed by atoms with Crippen molar-refractivity contribution < 1.29 is 9.90 Å². The van der Waals surface area contributed by atoms with E-state index >= 15 is 0 Å². The van der Waals surface area contributed by atoms with Crippen LogP contribution in [0.15, 0.2) is 0 Å². The van der Waals surface area contributed by atoms with Gasteiger partial charge >= 0.3 is 5.97 Å². The summed E-state index contributed by atoms with van der Waals surface area (Å²) in [6, 6.07) is -0.0526. The Labute approximate surface area is 104 Å². The van der Waals surface area contributed by atoms with Crippen LogP contribution >= 0.6 is 0 Å². The minimum absolute atomic E-state index is 0.137. The molecule has 4 nitrogen and oxygen atoms in total. The average Bonchev–Trinajstić information content (AvgIpc) is 2.49. The number of hydrogen-bond donors (Lipinski definition) is 2. The van der Waals surface area contributed by atoms with Crippen LogP contribution in [0.5, 0.6) is 0 Å². The Morgan fingerprint density at radius 3 is 2.65 bits per heavy atom. The zero-order valence-corrected chi connectivity index (χ0v) is 11.3. The van der Waals surface area contributed by atoms with Gasteiger partial charge in [0.15, 0.2) is 0 Å². The van der Waals surface area contributed by atoms with Crippen molar-refractivity contribution in [2.45, 2.75) is 52.1 Å². The number of likely N-dealkylation sites (tertiary alicyclic amines) is 1. The number of carboxylic acids is 1. The molecule has 1 saturated heterocycles. The van der Waals surface area contributed by atoms with Crippen LogP contribution < -0.4 is 5.32 Å². The molecule has 0 radical (unpaired) electrons. The molecule has 0 aromatic heterocycles. The van der Waals surface area contributed by atoms with Crippen molar-refractivity contribution in [3.63, 3.8) is 0 Å². The third-order valence-electron chi connectivity index (χ3n) is 3.62. The molecule has 100 valence electrons. The fraction of sp³-hybridized carbons (Fsp3) is 0.923. The average molecular weight is 242 g/mol. The maximum atomic E-state index is 11.1. The van der Waals surface area contributed by atoms with Crippen molar-refractivity contribution in [1.82, 2.24) is 10.2 Å². The molecule has 17 heavy (non-hydrogen) atoms. The number of rotatable bonds is 5.